The molecule has 0 radical (unpaired) electrons. The van der Waals surface area contributed by atoms with Gasteiger partial charge in [-0.3, -0.25) is 60.4 Å². The van der Waals surface area contributed by atoms with Crippen LogP contribution in [0, 0.1) is 40.5 Å². The summed E-state index contributed by atoms with van der Waals surface area (Å²) in [4.78, 5) is 61.2. The van der Waals surface area contributed by atoms with E-state index in [-0.39, 0.29) is 89.2 Å². The van der Waals surface area contributed by atoms with E-state index in [1.807, 2.05) is 0 Å². The third-order valence-corrected chi connectivity index (χ3v) is 9.32. The second-order valence-corrected chi connectivity index (χ2v) is 17.2. The van der Waals surface area contributed by atoms with Crippen LogP contribution in [-0.4, -0.2) is 71.0 Å². The van der Waals surface area contributed by atoms with Crippen molar-refractivity contribution in [2.45, 2.75) is 0 Å². The summed E-state index contributed by atoms with van der Waals surface area (Å²) >= 11 is 0. The monoisotopic (exact) mass is 1180 g/mol. The van der Waals surface area contributed by atoms with Crippen LogP contribution in [0.2, 0.25) is 0 Å². The fourth-order valence-electron chi connectivity index (χ4n) is 6.05. The maximum atomic E-state index is 11.4. The summed E-state index contributed by atoms with van der Waals surface area (Å²) in [6, 6.07) is 32.1. The smallest absolute Gasteiger partial charge is 1.00 e. The number of ether oxygens (including phenoxy) is 4. The normalized spacial score (nSPS) is 11.8. The molecule has 20 nitrogen and oxygen atoms in total. The Bertz CT molecular complexity index is 2960. The van der Waals surface area contributed by atoms with E-state index < -0.39 is 27.5 Å². The maximum Gasteiger partial charge on any atom is 1.00 e. The Labute approximate surface area is 461 Å². The second-order valence-electron chi connectivity index (χ2n) is 15.3. The van der Waals surface area contributed by atoms with Gasteiger partial charge in [-0.15, -0.1) is 0 Å². The van der Waals surface area contributed by atoms with Crippen LogP contribution in [0.25, 0.3) is 0 Å². The molecule has 0 aliphatic rings. The van der Waals surface area contributed by atoms with E-state index in [0.717, 1.165) is 0 Å². The van der Waals surface area contributed by atoms with Gasteiger partial charge in [-0.2, -0.15) is 0 Å². The van der Waals surface area contributed by atoms with Gasteiger partial charge in [-0.05, 0) is 95.1 Å². The molecule has 0 N–H and O–H groups in total. The summed E-state index contributed by atoms with van der Waals surface area (Å²) in [7, 11) is -10.7. The van der Waals surface area contributed by atoms with Gasteiger partial charge in [0, 0.05) is 49.1 Å². The quantitative estimate of drug-likeness (QED) is 0.0104. The zero-order chi connectivity index (χ0) is 58.2. The topological polar surface area (TPSA) is 259 Å². The Hall–Kier alpha value is -9.71. The SMILES string of the molecule is C=CCOc1ccc(C=Nc2ccccc2N=Cc2ccc(OCC=C)c([N+](=O)[O-])c2)cc1[N+](=O)[O-].C=CCOc1ccc(C=Nc2ccccc2N=Cc2ccc(OCC=C)c([N+](=O)[O-])c2)cc1[N+](=O)[O-].F[P-](F)(F)(F)(F)F.[Cu+]. The molecule has 422 valence electrons. The minimum absolute atomic E-state index is 0. The third kappa shape index (κ3) is 22.9. The number of para-hydroxylation sites is 4. The summed E-state index contributed by atoms with van der Waals surface area (Å²) in [5.41, 5.74) is 3.26. The number of aliphatic imine (C=N–C) groups is 4. The number of halogens is 6. The molecule has 0 saturated carbocycles. The minimum atomic E-state index is -10.7. The van der Waals surface area contributed by atoms with Gasteiger partial charge in [0.1, 0.15) is 26.4 Å². The summed E-state index contributed by atoms with van der Waals surface area (Å²) in [5.74, 6) is 0.545. The standard InChI is InChI=1S/2C26H22N4O6.Cu.F6P/c2*1-3-13-35-25-11-9-19(15-23(25)29(31)32)17-27-21-7-5-6-8-22(21)28-18-20-10-12-26(36-14-4-2)24(16-20)30(33)34;;1-7(2,3,4,5)6/h2*3-12,15-18H,1-2,13-14H2;;/q;;+1;-1. The Morgan fingerprint density at radius 2 is 0.575 bits per heavy atom. The van der Waals surface area contributed by atoms with Gasteiger partial charge in [0.15, 0.2) is 23.0 Å². The van der Waals surface area contributed by atoms with Crippen molar-refractivity contribution in [2.24, 2.45) is 20.0 Å². The Morgan fingerprint density at radius 1 is 0.388 bits per heavy atom. The van der Waals surface area contributed by atoms with Crippen molar-refractivity contribution in [3.63, 3.8) is 0 Å². The van der Waals surface area contributed by atoms with Gasteiger partial charge >= 0.3 is 72.8 Å². The number of rotatable bonds is 24. The van der Waals surface area contributed by atoms with E-state index in [2.05, 4.69) is 46.3 Å². The molecule has 0 heterocycles. The maximum absolute atomic E-state index is 11.4. The van der Waals surface area contributed by atoms with Gasteiger partial charge in [0.2, 0.25) is 0 Å². The van der Waals surface area contributed by atoms with Crippen molar-refractivity contribution >= 4 is 78.2 Å². The van der Waals surface area contributed by atoms with E-state index in [9.17, 15) is 65.6 Å². The van der Waals surface area contributed by atoms with Gasteiger partial charge in [-0.25, -0.2) is 0 Å². The molecule has 0 aliphatic carbocycles. The Morgan fingerprint density at radius 3 is 0.738 bits per heavy atom. The number of hydrogen-bond donors (Lipinski definition) is 0. The first-order chi connectivity index (χ1) is 37.3. The average Bonchev–Trinajstić information content (AvgIpc) is 3.40. The molecule has 6 aromatic rings. The summed E-state index contributed by atoms with van der Waals surface area (Å²) in [6.45, 7) is 14.7. The van der Waals surface area contributed by atoms with Gasteiger partial charge in [0.25, 0.3) is 0 Å². The number of nitro benzene ring substituents is 4. The van der Waals surface area contributed by atoms with E-state index >= 15 is 0 Å². The molecule has 0 bridgehead atoms. The van der Waals surface area contributed by atoms with Gasteiger partial charge < -0.3 is 18.9 Å². The van der Waals surface area contributed by atoms with Gasteiger partial charge in [0.05, 0.1) is 42.4 Å². The van der Waals surface area contributed by atoms with Crippen LogP contribution in [0.5, 0.6) is 23.0 Å². The number of nitro groups is 4. The molecule has 6 rings (SSSR count). The van der Waals surface area contributed by atoms with Crippen molar-refractivity contribution < 1.29 is 80.9 Å². The molecule has 0 aliphatic heterocycles. The Balaban J connectivity index is 0.000000371. The van der Waals surface area contributed by atoms with Gasteiger partial charge in [-0.1, -0.05) is 74.9 Å². The van der Waals surface area contributed by atoms with Crippen LogP contribution in [0.4, 0.5) is 70.7 Å². The first-order valence-corrected chi connectivity index (χ1v) is 24.3. The molecule has 0 amide bonds. The predicted octanol–water partition coefficient (Wildman–Crippen LogP) is 15.6. The molecule has 0 atom stereocenters. The number of nitrogens with zero attached hydrogens (tertiary/aromatic N) is 8. The molecule has 6 aromatic carbocycles. The van der Waals surface area contributed by atoms with E-state index in [1.165, 1.54) is 97.7 Å². The largest absolute Gasteiger partial charge is 1.00 e. The minimum Gasteiger partial charge on any atom is 1.00 e. The van der Waals surface area contributed by atoms with Crippen LogP contribution < -0.4 is 18.9 Å². The van der Waals surface area contributed by atoms with Crippen LogP contribution >= 0.6 is 7.81 Å². The first kappa shape index (κ1) is 64.6. The predicted molar refractivity (Wildman–Crippen MR) is 291 cm³/mol. The molecule has 0 aromatic heterocycles. The summed E-state index contributed by atoms with van der Waals surface area (Å²) < 4.78 is 80.5. The second kappa shape index (κ2) is 29.1. The molecule has 0 unspecified atom stereocenters. The van der Waals surface area contributed by atoms with Crippen LogP contribution in [0.1, 0.15) is 22.3 Å². The fraction of sp³-hybridized carbons (Fsp3) is 0.0769. The van der Waals surface area contributed by atoms with Crippen LogP contribution in [0.3, 0.4) is 0 Å². The number of benzene rings is 6. The summed E-state index contributed by atoms with van der Waals surface area (Å²) in [6.07, 6.45) is 11.9. The summed E-state index contributed by atoms with van der Waals surface area (Å²) in [5, 5.41) is 45.6. The molecule has 28 heteroatoms. The third-order valence-electron chi connectivity index (χ3n) is 9.32. The molecular formula is C52H44CuF6N8O12P. The Kier molecular flexibility index (Phi) is 23.5. The van der Waals surface area contributed by atoms with Crippen molar-refractivity contribution in [2.75, 3.05) is 26.4 Å². The van der Waals surface area contributed by atoms with Crippen molar-refractivity contribution in [1.82, 2.24) is 0 Å². The zero-order valence-electron chi connectivity index (χ0n) is 41.3. The van der Waals surface area contributed by atoms with Crippen molar-refractivity contribution in [3.05, 3.63) is 235 Å². The van der Waals surface area contributed by atoms with Crippen molar-refractivity contribution in [1.29, 1.82) is 0 Å². The zero-order valence-corrected chi connectivity index (χ0v) is 43.2. The van der Waals surface area contributed by atoms with Crippen LogP contribution in [-0.2, 0) is 17.1 Å². The molecule has 0 spiro atoms. The number of hydrogen-bond acceptors (Lipinski definition) is 16. The fourth-order valence-corrected chi connectivity index (χ4v) is 6.05. The average molecular weight is 1180 g/mol. The van der Waals surface area contributed by atoms with E-state index in [4.69, 9.17) is 18.9 Å². The van der Waals surface area contributed by atoms with E-state index in [0.29, 0.717) is 45.0 Å². The van der Waals surface area contributed by atoms with Crippen LogP contribution in [0.15, 0.2) is 192 Å². The molecule has 0 saturated heterocycles. The molecular weight excluding hydrogens is 1140 g/mol. The van der Waals surface area contributed by atoms with E-state index in [1.54, 1.807) is 72.8 Å². The first-order valence-electron chi connectivity index (χ1n) is 22.3. The van der Waals surface area contributed by atoms with Crippen molar-refractivity contribution in [3.8, 4) is 23.0 Å². The molecule has 0 fully saturated rings. The molecule has 80 heavy (non-hydrogen) atoms.